The molecule has 1 heteroatoms. The summed E-state index contributed by atoms with van der Waals surface area (Å²) >= 11 is 5.91. The van der Waals surface area contributed by atoms with Crippen LogP contribution in [0, 0.1) is 0 Å². The molecule has 0 nitrogen and oxygen atoms in total. The predicted molar refractivity (Wildman–Crippen MR) is 94.3 cm³/mol. The normalized spacial score (nSPS) is 9.71. The molecule has 0 N–H and O–H groups in total. The van der Waals surface area contributed by atoms with E-state index >= 15 is 0 Å². The van der Waals surface area contributed by atoms with Crippen molar-refractivity contribution in [3.63, 3.8) is 0 Å². The SMILES string of the molecule is CC(=C=Cc1ccccc1C=C(C)C)c1ccc(Cl)cc1. The summed E-state index contributed by atoms with van der Waals surface area (Å²) < 4.78 is 0. The van der Waals surface area contributed by atoms with Crippen LogP contribution in [-0.4, -0.2) is 0 Å². The number of allylic oxidation sites excluding steroid dienone is 2. The maximum absolute atomic E-state index is 5.91. The Kier molecular flexibility index (Phi) is 5.22. The van der Waals surface area contributed by atoms with Gasteiger partial charge >= 0.3 is 0 Å². The van der Waals surface area contributed by atoms with Crippen LogP contribution >= 0.6 is 11.6 Å². The lowest BCUT2D eigenvalue weighted by atomic mass is 10.0. The lowest BCUT2D eigenvalue weighted by Gasteiger charge is -2.01. The van der Waals surface area contributed by atoms with Crippen molar-refractivity contribution in [3.8, 4) is 0 Å². The standard InChI is InChI=1S/C20H19Cl/c1-15(2)14-19-7-5-4-6-18(19)9-8-16(3)17-10-12-20(21)13-11-17/h4-7,9-14H,1-3H3. The summed E-state index contributed by atoms with van der Waals surface area (Å²) in [6.07, 6.45) is 4.23. The maximum Gasteiger partial charge on any atom is 0.0406 e. The zero-order valence-electron chi connectivity index (χ0n) is 12.7. The van der Waals surface area contributed by atoms with Gasteiger partial charge in [0.05, 0.1) is 0 Å². The number of benzene rings is 2. The van der Waals surface area contributed by atoms with Gasteiger partial charge in [0.1, 0.15) is 0 Å². The molecule has 0 bridgehead atoms. The fraction of sp³-hybridized carbons (Fsp3) is 0.150. The minimum absolute atomic E-state index is 0.754. The Hall–Kier alpha value is -2.01. The van der Waals surface area contributed by atoms with Crippen LogP contribution in [0.1, 0.15) is 37.5 Å². The molecule has 21 heavy (non-hydrogen) atoms. The second kappa shape index (κ2) is 7.13. The third kappa shape index (κ3) is 4.49. The fourth-order valence-electron chi connectivity index (χ4n) is 2.05. The molecule has 0 unspecified atom stereocenters. The van der Waals surface area contributed by atoms with E-state index in [1.54, 1.807) is 0 Å². The van der Waals surface area contributed by atoms with Crippen molar-refractivity contribution in [1.82, 2.24) is 0 Å². The first-order valence-corrected chi connectivity index (χ1v) is 7.37. The minimum atomic E-state index is 0.754. The molecule has 0 amide bonds. The van der Waals surface area contributed by atoms with Crippen molar-refractivity contribution in [2.24, 2.45) is 0 Å². The number of halogens is 1. The third-order valence-corrected chi connectivity index (χ3v) is 3.41. The summed E-state index contributed by atoms with van der Waals surface area (Å²) in [5.41, 5.74) is 9.27. The summed E-state index contributed by atoms with van der Waals surface area (Å²) in [6, 6.07) is 16.2. The molecule has 0 atom stereocenters. The molecule has 2 aromatic rings. The van der Waals surface area contributed by atoms with E-state index in [0.29, 0.717) is 0 Å². The van der Waals surface area contributed by atoms with E-state index in [4.69, 9.17) is 11.6 Å². The number of hydrogen-bond donors (Lipinski definition) is 0. The fourth-order valence-corrected chi connectivity index (χ4v) is 2.18. The van der Waals surface area contributed by atoms with E-state index in [9.17, 15) is 0 Å². The van der Waals surface area contributed by atoms with Crippen LogP contribution < -0.4 is 0 Å². The van der Waals surface area contributed by atoms with Gasteiger partial charge in [0.25, 0.3) is 0 Å². The topological polar surface area (TPSA) is 0 Å². The van der Waals surface area contributed by atoms with Crippen molar-refractivity contribution in [3.05, 3.63) is 81.5 Å². The highest BCUT2D eigenvalue weighted by atomic mass is 35.5. The molecule has 0 heterocycles. The van der Waals surface area contributed by atoms with Crippen LogP contribution in [-0.2, 0) is 0 Å². The van der Waals surface area contributed by atoms with Gasteiger partial charge in [0, 0.05) is 5.02 Å². The summed E-state index contributed by atoms with van der Waals surface area (Å²) in [6.45, 7) is 6.27. The van der Waals surface area contributed by atoms with Crippen LogP contribution in [0.5, 0.6) is 0 Å². The maximum atomic E-state index is 5.91. The molecular formula is C20H19Cl. The Labute approximate surface area is 132 Å². The molecule has 0 aliphatic carbocycles. The minimum Gasteiger partial charge on any atom is -0.116 e. The quantitative estimate of drug-likeness (QED) is 0.568. The van der Waals surface area contributed by atoms with E-state index in [1.807, 2.05) is 36.4 Å². The molecule has 0 aliphatic heterocycles. The monoisotopic (exact) mass is 294 g/mol. The van der Waals surface area contributed by atoms with Crippen LogP contribution in [0.3, 0.4) is 0 Å². The Morgan fingerprint density at radius 2 is 1.52 bits per heavy atom. The Morgan fingerprint density at radius 1 is 0.905 bits per heavy atom. The van der Waals surface area contributed by atoms with Crippen molar-refractivity contribution in [2.45, 2.75) is 20.8 Å². The molecule has 106 valence electrons. The van der Waals surface area contributed by atoms with Gasteiger partial charge in [-0.3, -0.25) is 0 Å². The molecule has 0 saturated heterocycles. The zero-order chi connectivity index (χ0) is 15.2. The summed E-state index contributed by atoms with van der Waals surface area (Å²) in [5, 5.41) is 0.754. The Morgan fingerprint density at radius 3 is 2.14 bits per heavy atom. The molecule has 0 radical (unpaired) electrons. The van der Waals surface area contributed by atoms with E-state index in [1.165, 1.54) is 16.7 Å². The molecule has 0 aliphatic rings. The highest BCUT2D eigenvalue weighted by Gasteiger charge is 1.96. The molecule has 2 rings (SSSR count). The molecular weight excluding hydrogens is 276 g/mol. The van der Waals surface area contributed by atoms with Crippen LogP contribution in [0.4, 0.5) is 0 Å². The molecule has 0 spiro atoms. The Bertz CT molecular complexity index is 708. The van der Waals surface area contributed by atoms with Gasteiger partial charge in [-0.25, -0.2) is 0 Å². The third-order valence-electron chi connectivity index (χ3n) is 3.16. The molecule has 0 saturated carbocycles. The Balaban J connectivity index is 2.38. The average molecular weight is 295 g/mol. The molecule has 0 aromatic heterocycles. The first-order valence-electron chi connectivity index (χ1n) is 6.99. The van der Waals surface area contributed by atoms with Gasteiger partial charge in [0.2, 0.25) is 0 Å². The van der Waals surface area contributed by atoms with Gasteiger partial charge in [-0.1, -0.05) is 59.6 Å². The molecule has 2 aromatic carbocycles. The van der Waals surface area contributed by atoms with Crippen LogP contribution in [0.15, 0.2) is 59.8 Å². The second-order valence-corrected chi connectivity index (χ2v) is 5.71. The lowest BCUT2D eigenvalue weighted by Crippen LogP contribution is -1.80. The first-order chi connectivity index (χ1) is 10.1. The van der Waals surface area contributed by atoms with Crippen molar-refractivity contribution in [2.75, 3.05) is 0 Å². The van der Waals surface area contributed by atoms with Crippen molar-refractivity contribution in [1.29, 1.82) is 0 Å². The van der Waals surface area contributed by atoms with Gasteiger partial charge in [-0.15, -0.1) is 5.73 Å². The summed E-state index contributed by atoms with van der Waals surface area (Å²) in [5.74, 6) is 0. The van der Waals surface area contributed by atoms with E-state index in [2.05, 4.69) is 50.8 Å². The van der Waals surface area contributed by atoms with E-state index in [0.717, 1.165) is 16.2 Å². The first kappa shape index (κ1) is 15.4. The van der Waals surface area contributed by atoms with Crippen LogP contribution in [0.25, 0.3) is 17.7 Å². The average Bonchev–Trinajstić information content (AvgIpc) is 2.46. The van der Waals surface area contributed by atoms with Crippen molar-refractivity contribution < 1.29 is 0 Å². The smallest absolute Gasteiger partial charge is 0.0406 e. The summed E-state index contributed by atoms with van der Waals surface area (Å²) in [7, 11) is 0. The highest BCUT2D eigenvalue weighted by Crippen LogP contribution is 2.18. The lowest BCUT2D eigenvalue weighted by molar-refractivity contribution is 1.42. The van der Waals surface area contributed by atoms with Crippen LogP contribution in [0.2, 0.25) is 5.02 Å². The van der Waals surface area contributed by atoms with Gasteiger partial charge < -0.3 is 0 Å². The second-order valence-electron chi connectivity index (χ2n) is 5.27. The van der Waals surface area contributed by atoms with Gasteiger partial charge in [-0.05, 0) is 61.2 Å². The van der Waals surface area contributed by atoms with E-state index in [-0.39, 0.29) is 0 Å². The zero-order valence-corrected chi connectivity index (χ0v) is 13.4. The van der Waals surface area contributed by atoms with Gasteiger partial charge in [0.15, 0.2) is 0 Å². The molecule has 0 fully saturated rings. The largest absolute Gasteiger partial charge is 0.116 e. The number of hydrogen-bond acceptors (Lipinski definition) is 0. The van der Waals surface area contributed by atoms with Gasteiger partial charge in [-0.2, -0.15) is 0 Å². The predicted octanol–water partition coefficient (Wildman–Crippen LogP) is 6.48. The highest BCUT2D eigenvalue weighted by molar-refractivity contribution is 6.30. The van der Waals surface area contributed by atoms with E-state index < -0.39 is 0 Å². The summed E-state index contributed by atoms with van der Waals surface area (Å²) in [4.78, 5) is 0. The number of rotatable bonds is 3. The van der Waals surface area contributed by atoms with Crippen molar-refractivity contribution >= 4 is 29.3 Å².